The Morgan fingerprint density at radius 2 is 1.51 bits per heavy atom. The molecule has 2 heterocycles. The summed E-state index contributed by atoms with van der Waals surface area (Å²) in [5, 5.41) is 63.4. The zero-order chi connectivity index (χ0) is 55.6. The largest absolute Gasteiger partial charge is 0.460 e. The fraction of sp³-hybridized carbons (Fsp3) is 0.732. The number of hydrogen-bond acceptors (Lipinski definition) is 17. The number of aliphatic hydroxyl groups excluding tert-OH is 6. The predicted octanol–water partition coefficient (Wildman–Crippen LogP) is 4.13. The summed E-state index contributed by atoms with van der Waals surface area (Å²) in [4.78, 5) is 97.3. The zero-order valence-corrected chi connectivity index (χ0v) is 45.4. The Morgan fingerprint density at radius 3 is 2.14 bits per heavy atom. The normalized spacial score (nSPS) is 35.7. The van der Waals surface area contributed by atoms with E-state index in [4.69, 9.17) is 18.9 Å². The summed E-state index contributed by atoms with van der Waals surface area (Å²) in [6.45, 7) is 11.2. The molecule has 0 aromatic carbocycles. The maximum absolute atomic E-state index is 14.4. The van der Waals surface area contributed by atoms with Gasteiger partial charge in [-0.3, -0.25) is 28.8 Å². The van der Waals surface area contributed by atoms with Gasteiger partial charge in [0.2, 0.25) is 5.78 Å². The first-order chi connectivity index (χ1) is 34.9. The summed E-state index contributed by atoms with van der Waals surface area (Å²) in [5.74, 6) is -10.9. The number of fused-ring (bicyclic) bond motifs is 1. The predicted molar refractivity (Wildman–Crippen MR) is 274 cm³/mol. The van der Waals surface area contributed by atoms with Crippen LogP contribution in [0.1, 0.15) is 126 Å². The first-order valence-electron chi connectivity index (χ1n) is 26.4. The monoisotopic (exact) mass is 1050 g/mol. The number of piperidine rings is 1. The molecule has 1 amide bonds. The van der Waals surface area contributed by atoms with Crippen molar-refractivity contribution in [3.8, 4) is 0 Å². The third kappa shape index (κ3) is 17.9. The number of hydrogen-bond donors (Lipinski definition) is 6. The summed E-state index contributed by atoms with van der Waals surface area (Å²) in [6.07, 6.45) is 6.19. The van der Waals surface area contributed by atoms with E-state index in [2.05, 4.69) is 0 Å². The standard InChI is InChI=1S/C56H87NO17/c1-32-16-12-11-13-17-33(2)46(71-9)27-40(61)26-44(63)38(7)51(66)52(67)53(68)57-21-15-14-18-42(57)54(69)73-47(28-43(62)34(3)23-37(6)50(65)41(29-58)49(64)36(5)22-32)35(4)24-39-19-20-45(48(25-39)72-10)74-55(70)56(8,30-59)31-60/h11-13,16-17,23,32,34-36,38-42,44-48,50,58-61,63,65H,14-15,18-22,24-31H2,1-10H3/b13-11+,16-12+,33-17+,37-23+/t32-,34-,35?,36-,38-,39+,40?,41+,42+,44?,45-,46+,47+,48-,50-/m1/s1. The van der Waals surface area contributed by atoms with Crippen molar-refractivity contribution in [3.63, 3.8) is 0 Å². The van der Waals surface area contributed by atoms with Gasteiger partial charge in [-0.05, 0) is 101 Å². The van der Waals surface area contributed by atoms with E-state index in [9.17, 15) is 64.2 Å². The fourth-order valence-corrected chi connectivity index (χ4v) is 10.2. The number of esters is 2. The molecule has 74 heavy (non-hydrogen) atoms. The van der Waals surface area contributed by atoms with Crippen LogP contribution in [-0.4, -0.2) is 166 Å². The Kier molecular flexibility index (Phi) is 26.4. The topological polar surface area (TPSA) is 281 Å². The number of allylic oxidation sites excluding steroid dienone is 6. The number of nitrogens with zero attached hydrogens (tertiary/aromatic N) is 1. The number of ketones is 4. The van der Waals surface area contributed by atoms with Gasteiger partial charge in [0.1, 0.15) is 35.2 Å². The number of aliphatic hydroxyl groups is 6. The van der Waals surface area contributed by atoms with E-state index in [1.165, 1.54) is 34.1 Å². The molecular formula is C56H87NO17. The highest BCUT2D eigenvalue weighted by atomic mass is 16.6. The molecule has 2 aliphatic heterocycles. The van der Waals surface area contributed by atoms with Crippen LogP contribution < -0.4 is 0 Å². The second-order valence-corrected chi connectivity index (χ2v) is 21.7. The molecule has 418 valence electrons. The highest BCUT2D eigenvalue weighted by Crippen LogP contribution is 2.36. The molecule has 0 aromatic rings. The van der Waals surface area contributed by atoms with Crippen molar-refractivity contribution in [3.05, 3.63) is 47.6 Å². The van der Waals surface area contributed by atoms with Crippen molar-refractivity contribution < 1.29 is 83.1 Å². The van der Waals surface area contributed by atoms with Crippen LogP contribution in [0.2, 0.25) is 0 Å². The molecule has 15 atom stereocenters. The molecule has 0 radical (unpaired) electrons. The van der Waals surface area contributed by atoms with E-state index in [1.54, 1.807) is 45.9 Å². The molecule has 2 fully saturated rings. The molecule has 6 N–H and O–H groups in total. The Labute approximate surface area is 437 Å². The van der Waals surface area contributed by atoms with Crippen molar-refractivity contribution in [2.75, 3.05) is 40.6 Å². The van der Waals surface area contributed by atoms with Crippen LogP contribution in [0.5, 0.6) is 0 Å². The van der Waals surface area contributed by atoms with Crippen molar-refractivity contribution in [1.82, 2.24) is 4.90 Å². The molecule has 1 saturated carbocycles. The van der Waals surface area contributed by atoms with E-state index >= 15 is 0 Å². The lowest BCUT2D eigenvalue weighted by Gasteiger charge is -2.38. The van der Waals surface area contributed by atoms with Crippen molar-refractivity contribution >= 4 is 41.0 Å². The molecule has 0 bridgehead atoms. The number of carbonyl (C=O) groups is 7. The third-order valence-corrected chi connectivity index (χ3v) is 15.5. The number of rotatable bonds is 10. The number of carbonyl (C=O) groups excluding carboxylic acids is 7. The lowest BCUT2D eigenvalue weighted by Crippen LogP contribution is -2.53. The summed E-state index contributed by atoms with van der Waals surface area (Å²) in [5.41, 5.74) is -0.476. The number of cyclic esters (lactones) is 1. The fourth-order valence-electron chi connectivity index (χ4n) is 10.2. The molecule has 3 aliphatic rings. The highest BCUT2D eigenvalue weighted by Gasteiger charge is 2.44. The van der Waals surface area contributed by atoms with Gasteiger partial charge in [-0.1, -0.05) is 71.1 Å². The molecule has 3 unspecified atom stereocenters. The molecule has 18 nitrogen and oxygen atoms in total. The maximum Gasteiger partial charge on any atom is 0.329 e. The average molecular weight is 1050 g/mol. The number of amides is 1. The Bertz CT molecular complexity index is 2020. The van der Waals surface area contributed by atoms with E-state index in [1.807, 2.05) is 26.0 Å². The molecule has 18 heteroatoms. The zero-order valence-electron chi connectivity index (χ0n) is 45.4. The Balaban J connectivity index is 2.01. The Morgan fingerprint density at radius 1 is 0.838 bits per heavy atom. The van der Waals surface area contributed by atoms with Gasteiger partial charge in [0.15, 0.2) is 0 Å². The van der Waals surface area contributed by atoms with E-state index in [0.29, 0.717) is 44.9 Å². The van der Waals surface area contributed by atoms with Gasteiger partial charge in [0, 0.05) is 57.8 Å². The summed E-state index contributed by atoms with van der Waals surface area (Å²) in [6, 6.07) is -1.29. The van der Waals surface area contributed by atoms with E-state index in [0.717, 1.165) is 10.5 Å². The average Bonchev–Trinajstić information content (AvgIpc) is 3.38. The molecule has 1 aliphatic carbocycles. The summed E-state index contributed by atoms with van der Waals surface area (Å²) >= 11 is 0. The van der Waals surface area contributed by atoms with Gasteiger partial charge in [-0.25, -0.2) is 4.79 Å². The summed E-state index contributed by atoms with van der Waals surface area (Å²) < 4.78 is 23.3. The molecule has 0 aromatic heterocycles. The van der Waals surface area contributed by atoms with Crippen LogP contribution in [0.3, 0.4) is 0 Å². The number of ether oxygens (including phenoxy) is 4. The first-order valence-corrected chi connectivity index (χ1v) is 26.4. The van der Waals surface area contributed by atoms with E-state index < -0.39 is 133 Å². The van der Waals surface area contributed by atoms with Gasteiger partial charge >= 0.3 is 11.9 Å². The third-order valence-electron chi connectivity index (χ3n) is 15.5. The minimum atomic E-state index is -1.51. The maximum atomic E-state index is 14.4. The number of Topliss-reactive ketones (excluding diaryl/α,β-unsaturated/α-hetero) is 4. The van der Waals surface area contributed by atoms with Gasteiger partial charge in [0.25, 0.3) is 11.7 Å². The lowest BCUT2D eigenvalue weighted by molar-refractivity contribution is -0.177. The van der Waals surface area contributed by atoms with Crippen LogP contribution in [0.25, 0.3) is 0 Å². The lowest BCUT2D eigenvalue weighted by atomic mass is 9.78. The molecule has 1 saturated heterocycles. The van der Waals surface area contributed by atoms with Gasteiger partial charge in [-0.2, -0.15) is 0 Å². The summed E-state index contributed by atoms with van der Waals surface area (Å²) in [7, 11) is 2.95. The van der Waals surface area contributed by atoms with Gasteiger partial charge < -0.3 is 54.5 Å². The smallest absolute Gasteiger partial charge is 0.329 e. The quantitative estimate of drug-likeness (QED) is 0.102. The van der Waals surface area contributed by atoms with Gasteiger partial charge in [0.05, 0.1) is 56.3 Å². The van der Waals surface area contributed by atoms with Crippen LogP contribution >= 0.6 is 0 Å². The minimum Gasteiger partial charge on any atom is -0.460 e. The molecule has 0 spiro atoms. The second-order valence-electron chi connectivity index (χ2n) is 21.7. The SMILES string of the molecule is CO[C@H]1CC(O)CC(O)[C@@H](C)C(=O)C(=O)C(=O)N2CCCC[C@H]2C(=O)O[C@H](C(C)C[C@@H]2CC[C@@H](OC(=O)C(C)(CO)CO)[C@H](OC)C2)CC(=O)[C@H](C)/C=C(\C)[C@@H](O)[C@@H](CO)C(=O)[C@H](C)C[C@H](C)/C=C/C=C/C=C/1C. The first kappa shape index (κ1) is 64.0. The van der Waals surface area contributed by atoms with Crippen molar-refractivity contribution in [2.24, 2.45) is 46.8 Å². The number of methoxy groups -OCH3 is 2. The van der Waals surface area contributed by atoms with Crippen LogP contribution in [0, 0.1) is 46.8 Å². The Hall–Kier alpha value is -4.27. The molecule has 3 rings (SSSR count). The van der Waals surface area contributed by atoms with Crippen molar-refractivity contribution in [2.45, 2.75) is 175 Å². The molecular weight excluding hydrogens is 959 g/mol. The van der Waals surface area contributed by atoms with Crippen molar-refractivity contribution in [1.29, 1.82) is 0 Å². The van der Waals surface area contributed by atoms with E-state index in [-0.39, 0.29) is 61.2 Å². The minimum absolute atomic E-state index is 0.0422. The van der Waals surface area contributed by atoms with Crippen LogP contribution in [0.15, 0.2) is 47.6 Å². The van der Waals surface area contributed by atoms with Crippen LogP contribution in [0.4, 0.5) is 0 Å². The van der Waals surface area contributed by atoms with Crippen LogP contribution in [-0.2, 0) is 52.5 Å². The van der Waals surface area contributed by atoms with Gasteiger partial charge in [-0.15, -0.1) is 0 Å². The second kappa shape index (κ2) is 30.5. The highest BCUT2D eigenvalue weighted by molar-refractivity contribution is 6.63.